The third-order valence-corrected chi connectivity index (χ3v) is 4.76. The van der Waals surface area contributed by atoms with E-state index >= 15 is 0 Å². The fourth-order valence-corrected chi connectivity index (χ4v) is 3.28. The summed E-state index contributed by atoms with van der Waals surface area (Å²) < 4.78 is 5.37. The third-order valence-electron chi connectivity index (χ3n) is 3.94. The molecule has 25 heavy (non-hydrogen) atoms. The van der Waals surface area contributed by atoms with Crippen molar-refractivity contribution in [1.82, 2.24) is 20.5 Å². The van der Waals surface area contributed by atoms with Crippen LogP contribution in [0.2, 0.25) is 0 Å². The predicted molar refractivity (Wildman–Crippen MR) is 116 cm³/mol. The minimum absolute atomic E-state index is 0. The molecule has 0 aromatic carbocycles. The minimum atomic E-state index is 0. The molecule has 1 saturated heterocycles. The van der Waals surface area contributed by atoms with Crippen LogP contribution in [0.15, 0.2) is 10.4 Å². The van der Waals surface area contributed by atoms with Gasteiger partial charge in [-0.15, -0.1) is 35.3 Å². The number of ether oxygens (including phenoxy) is 1. The van der Waals surface area contributed by atoms with Crippen LogP contribution in [0.1, 0.15) is 30.5 Å². The quantitative estimate of drug-likeness (QED) is 0.245. The Bertz CT molecular complexity index is 491. The number of guanidine groups is 1. The number of aliphatic imine (C=N–C) groups is 1. The molecule has 1 aromatic heterocycles. The Morgan fingerprint density at radius 2 is 2.12 bits per heavy atom. The van der Waals surface area contributed by atoms with Gasteiger partial charge in [-0.25, -0.2) is 4.98 Å². The number of nitrogens with one attached hydrogen (secondary N) is 2. The molecule has 0 saturated carbocycles. The number of aromatic nitrogens is 1. The van der Waals surface area contributed by atoms with E-state index in [4.69, 9.17) is 4.74 Å². The van der Waals surface area contributed by atoms with Gasteiger partial charge < -0.3 is 15.4 Å². The van der Waals surface area contributed by atoms with Gasteiger partial charge in [0.15, 0.2) is 5.96 Å². The summed E-state index contributed by atoms with van der Waals surface area (Å²) in [5.74, 6) is 0.913. The molecule has 0 atom stereocenters. The molecule has 2 N–H and O–H groups in total. The van der Waals surface area contributed by atoms with Crippen LogP contribution in [0.5, 0.6) is 0 Å². The molecular formula is C17H32IN5OS. The third kappa shape index (κ3) is 9.72. The van der Waals surface area contributed by atoms with Crippen molar-refractivity contribution in [2.24, 2.45) is 4.99 Å². The molecule has 144 valence electrons. The Kier molecular flexibility index (Phi) is 12.4. The summed E-state index contributed by atoms with van der Waals surface area (Å²) >= 11 is 1.71. The Labute approximate surface area is 172 Å². The molecule has 0 unspecified atom stereocenters. The average Bonchev–Trinajstić information content (AvgIpc) is 3.01. The number of halogens is 1. The second-order valence-electron chi connectivity index (χ2n) is 5.96. The number of rotatable bonds is 9. The van der Waals surface area contributed by atoms with E-state index in [0.29, 0.717) is 0 Å². The van der Waals surface area contributed by atoms with Gasteiger partial charge in [-0.1, -0.05) is 0 Å². The molecule has 8 heteroatoms. The van der Waals surface area contributed by atoms with Crippen LogP contribution < -0.4 is 10.6 Å². The molecule has 1 aliphatic heterocycles. The Morgan fingerprint density at radius 3 is 2.80 bits per heavy atom. The van der Waals surface area contributed by atoms with E-state index in [9.17, 15) is 0 Å². The van der Waals surface area contributed by atoms with E-state index in [1.807, 2.05) is 6.92 Å². The SMILES string of the molecule is CCNC(=NCCCCN1CCOCC1)NCCc1csc(C)n1.I. The molecule has 1 aromatic rings. The van der Waals surface area contributed by atoms with Gasteiger partial charge in [0, 0.05) is 44.5 Å². The molecule has 1 fully saturated rings. The van der Waals surface area contributed by atoms with Gasteiger partial charge in [0.25, 0.3) is 0 Å². The van der Waals surface area contributed by atoms with Crippen LogP contribution in [0.4, 0.5) is 0 Å². The largest absolute Gasteiger partial charge is 0.379 e. The lowest BCUT2D eigenvalue weighted by Crippen LogP contribution is -2.38. The van der Waals surface area contributed by atoms with Crippen molar-refractivity contribution < 1.29 is 4.74 Å². The molecule has 1 aliphatic rings. The van der Waals surface area contributed by atoms with Gasteiger partial charge in [0.1, 0.15) is 0 Å². The molecule has 0 amide bonds. The van der Waals surface area contributed by atoms with Crippen molar-refractivity contribution >= 4 is 41.3 Å². The van der Waals surface area contributed by atoms with Gasteiger partial charge in [0.05, 0.1) is 23.9 Å². The smallest absolute Gasteiger partial charge is 0.191 e. The number of hydrogen-bond acceptors (Lipinski definition) is 5. The Morgan fingerprint density at radius 1 is 1.32 bits per heavy atom. The average molecular weight is 481 g/mol. The van der Waals surface area contributed by atoms with E-state index < -0.39 is 0 Å². The van der Waals surface area contributed by atoms with Crippen LogP contribution >= 0.6 is 35.3 Å². The number of hydrogen-bond donors (Lipinski definition) is 2. The lowest BCUT2D eigenvalue weighted by atomic mass is 10.3. The van der Waals surface area contributed by atoms with Gasteiger partial charge >= 0.3 is 0 Å². The van der Waals surface area contributed by atoms with E-state index in [0.717, 1.165) is 82.0 Å². The summed E-state index contributed by atoms with van der Waals surface area (Å²) in [4.78, 5) is 11.6. The van der Waals surface area contributed by atoms with Crippen molar-refractivity contribution in [2.75, 3.05) is 52.5 Å². The second kappa shape index (κ2) is 13.7. The Hall–Kier alpha value is -0.450. The molecular weight excluding hydrogens is 449 g/mol. The topological polar surface area (TPSA) is 61.8 Å². The first kappa shape index (κ1) is 22.6. The summed E-state index contributed by atoms with van der Waals surface area (Å²) in [5.41, 5.74) is 1.16. The lowest BCUT2D eigenvalue weighted by molar-refractivity contribution is 0.0373. The van der Waals surface area contributed by atoms with Crippen LogP contribution in [-0.4, -0.2) is 68.3 Å². The maximum Gasteiger partial charge on any atom is 0.191 e. The van der Waals surface area contributed by atoms with Crippen molar-refractivity contribution in [2.45, 2.75) is 33.1 Å². The first-order valence-electron chi connectivity index (χ1n) is 9.01. The summed E-state index contributed by atoms with van der Waals surface area (Å²) in [6.07, 6.45) is 3.26. The van der Waals surface area contributed by atoms with E-state index in [1.165, 1.54) is 6.42 Å². The standard InChI is InChI=1S/C17H31N5OS.HI/c1-3-18-17(20-8-6-16-14-24-15(2)21-16)19-7-4-5-9-22-10-12-23-13-11-22;/h14H,3-13H2,1-2H3,(H2,18,19,20);1H. The highest BCUT2D eigenvalue weighted by molar-refractivity contribution is 14.0. The Balaban J connectivity index is 0.00000312. The predicted octanol–water partition coefficient (Wildman–Crippen LogP) is 2.28. The van der Waals surface area contributed by atoms with Crippen LogP contribution in [0.25, 0.3) is 0 Å². The van der Waals surface area contributed by atoms with Crippen LogP contribution in [0.3, 0.4) is 0 Å². The van der Waals surface area contributed by atoms with Crippen molar-refractivity contribution in [3.8, 4) is 0 Å². The normalized spacial score (nSPS) is 15.7. The number of nitrogens with zero attached hydrogens (tertiary/aromatic N) is 3. The molecule has 0 radical (unpaired) electrons. The van der Waals surface area contributed by atoms with E-state index in [1.54, 1.807) is 11.3 Å². The zero-order chi connectivity index (χ0) is 17.0. The zero-order valence-electron chi connectivity index (χ0n) is 15.4. The lowest BCUT2D eigenvalue weighted by Gasteiger charge is -2.26. The summed E-state index contributed by atoms with van der Waals surface area (Å²) in [6, 6.07) is 0. The van der Waals surface area contributed by atoms with Crippen LogP contribution in [0, 0.1) is 6.92 Å². The minimum Gasteiger partial charge on any atom is -0.379 e. The molecule has 2 heterocycles. The van der Waals surface area contributed by atoms with Gasteiger partial charge in [-0.3, -0.25) is 9.89 Å². The fraction of sp³-hybridized carbons (Fsp3) is 0.765. The summed E-state index contributed by atoms with van der Waals surface area (Å²) in [6.45, 7) is 11.8. The molecule has 0 spiro atoms. The van der Waals surface area contributed by atoms with Crippen molar-refractivity contribution in [1.29, 1.82) is 0 Å². The number of aryl methyl sites for hydroxylation is 1. The summed E-state index contributed by atoms with van der Waals surface area (Å²) in [7, 11) is 0. The number of morpholine rings is 1. The van der Waals surface area contributed by atoms with Gasteiger partial charge in [-0.2, -0.15) is 0 Å². The van der Waals surface area contributed by atoms with Crippen molar-refractivity contribution in [3.63, 3.8) is 0 Å². The second-order valence-corrected chi connectivity index (χ2v) is 7.02. The zero-order valence-corrected chi connectivity index (χ0v) is 18.6. The molecule has 2 rings (SSSR count). The van der Waals surface area contributed by atoms with E-state index in [-0.39, 0.29) is 24.0 Å². The monoisotopic (exact) mass is 481 g/mol. The van der Waals surface area contributed by atoms with Crippen LogP contribution in [-0.2, 0) is 11.2 Å². The molecule has 0 aliphatic carbocycles. The maximum absolute atomic E-state index is 5.37. The highest BCUT2D eigenvalue weighted by Crippen LogP contribution is 2.07. The van der Waals surface area contributed by atoms with E-state index in [2.05, 4.69) is 37.8 Å². The maximum atomic E-state index is 5.37. The van der Waals surface area contributed by atoms with Crippen molar-refractivity contribution in [3.05, 3.63) is 16.1 Å². The van der Waals surface area contributed by atoms with Gasteiger partial charge in [-0.05, 0) is 33.2 Å². The first-order valence-corrected chi connectivity index (χ1v) is 9.89. The molecule has 0 bridgehead atoms. The molecule has 6 nitrogen and oxygen atoms in total. The van der Waals surface area contributed by atoms with Gasteiger partial charge in [0.2, 0.25) is 0 Å². The summed E-state index contributed by atoms with van der Waals surface area (Å²) in [5, 5.41) is 9.97. The fourth-order valence-electron chi connectivity index (χ4n) is 2.64. The first-order chi connectivity index (χ1) is 11.8. The number of unbranched alkanes of at least 4 members (excludes halogenated alkanes) is 1. The number of thiazole rings is 1. The highest BCUT2D eigenvalue weighted by Gasteiger charge is 2.08. The highest BCUT2D eigenvalue weighted by atomic mass is 127.